The number of alkyl carbamates (subject to hydrolysis) is 1. The highest BCUT2D eigenvalue weighted by atomic mass is 16.5. The number of carboxylic acids is 1. The maximum atomic E-state index is 12.8. The summed E-state index contributed by atoms with van der Waals surface area (Å²) in [6, 6.07) is 33.0. The maximum Gasteiger partial charge on any atom is 0.407 e. The van der Waals surface area contributed by atoms with Gasteiger partial charge in [0.1, 0.15) is 6.61 Å². The average Bonchev–Trinajstić information content (AvgIpc) is 3.21. The maximum absolute atomic E-state index is 12.8. The predicted octanol–water partition coefficient (Wildman–Crippen LogP) is 6.41. The Balaban J connectivity index is 1.29. The Morgan fingerprint density at radius 1 is 0.743 bits per heavy atom. The largest absolute Gasteiger partial charge is 0.481 e. The molecule has 0 saturated heterocycles. The summed E-state index contributed by atoms with van der Waals surface area (Å²) in [5.74, 6) is -1.06. The molecule has 1 atom stereocenters. The van der Waals surface area contributed by atoms with Crippen LogP contribution in [0.5, 0.6) is 0 Å². The molecule has 0 heterocycles. The Morgan fingerprint density at radius 3 is 1.89 bits per heavy atom. The number of benzene rings is 4. The van der Waals surface area contributed by atoms with Crippen molar-refractivity contribution in [2.75, 3.05) is 6.61 Å². The van der Waals surface area contributed by atoms with E-state index < -0.39 is 18.1 Å². The Bertz CT molecular complexity index is 1300. The lowest BCUT2D eigenvalue weighted by Crippen LogP contribution is -2.31. The van der Waals surface area contributed by atoms with E-state index in [1.54, 1.807) is 0 Å². The van der Waals surface area contributed by atoms with Gasteiger partial charge in [-0.05, 0) is 38.9 Å². The molecule has 0 saturated carbocycles. The van der Waals surface area contributed by atoms with Crippen molar-refractivity contribution < 1.29 is 19.4 Å². The van der Waals surface area contributed by atoms with Gasteiger partial charge in [0.2, 0.25) is 0 Å². The minimum atomic E-state index is -0.999. The molecule has 0 aromatic heterocycles. The first-order chi connectivity index (χ1) is 17.1. The number of ether oxygens (including phenoxy) is 1. The van der Waals surface area contributed by atoms with Gasteiger partial charge >= 0.3 is 12.1 Å². The number of fused-ring (bicyclic) bond motifs is 3. The summed E-state index contributed by atoms with van der Waals surface area (Å²) in [5.41, 5.74) is 7.35. The number of aliphatic carboxylic acids is 1. The average molecular weight is 464 g/mol. The summed E-state index contributed by atoms with van der Waals surface area (Å²) in [7, 11) is 0. The number of carboxylic acid groups (broad SMARTS) is 1. The second-order valence-electron chi connectivity index (χ2n) is 8.61. The third-order valence-corrected chi connectivity index (χ3v) is 6.43. The number of nitrogens with one attached hydrogen (secondary N) is 1. The van der Waals surface area contributed by atoms with E-state index in [0.717, 1.165) is 33.4 Å². The molecule has 0 bridgehead atoms. The van der Waals surface area contributed by atoms with Gasteiger partial charge in [0.15, 0.2) is 0 Å². The van der Waals surface area contributed by atoms with Crippen LogP contribution in [0.15, 0.2) is 103 Å². The standard InChI is InChI=1S/C30H25NO4/c32-29(33)18-28(22-16-14-21(15-17-22)20-8-2-1-3-9-20)31-30(34)35-19-27-25-12-6-4-10-23(25)24-11-5-7-13-26(24)27/h1-17,27-28H,18-19H2,(H,31,34)(H,32,33)/t28-/m1/s1. The summed E-state index contributed by atoms with van der Waals surface area (Å²) in [6.45, 7) is 0.173. The molecule has 0 spiro atoms. The van der Waals surface area contributed by atoms with E-state index in [1.165, 1.54) is 0 Å². The molecule has 4 aromatic carbocycles. The Labute approximate surface area is 204 Å². The lowest BCUT2D eigenvalue weighted by molar-refractivity contribution is -0.137. The minimum absolute atomic E-state index is 0.0590. The van der Waals surface area contributed by atoms with E-state index in [-0.39, 0.29) is 18.9 Å². The number of hydrogen-bond acceptors (Lipinski definition) is 3. The molecule has 2 N–H and O–H groups in total. The Hall–Kier alpha value is -4.38. The molecule has 5 heteroatoms. The molecule has 5 rings (SSSR count). The van der Waals surface area contributed by atoms with Gasteiger partial charge in [-0.15, -0.1) is 0 Å². The van der Waals surface area contributed by atoms with Crippen molar-refractivity contribution in [3.63, 3.8) is 0 Å². The second-order valence-corrected chi connectivity index (χ2v) is 8.61. The van der Waals surface area contributed by atoms with E-state index in [4.69, 9.17) is 4.74 Å². The van der Waals surface area contributed by atoms with E-state index in [1.807, 2.05) is 78.9 Å². The Morgan fingerprint density at radius 2 is 1.29 bits per heavy atom. The van der Waals surface area contributed by atoms with Gasteiger partial charge in [-0.1, -0.05) is 103 Å². The molecule has 0 unspecified atom stereocenters. The highest BCUT2D eigenvalue weighted by molar-refractivity contribution is 5.79. The molecule has 4 aromatic rings. The van der Waals surface area contributed by atoms with Crippen molar-refractivity contribution in [1.82, 2.24) is 5.32 Å². The minimum Gasteiger partial charge on any atom is -0.481 e. The van der Waals surface area contributed by atoms with Crippen LogP contribution in [0.1, 0.15) is 35.1 Å². The topological polar surface area (TPSA) is 75.6 Å². The van der Waals surface area contributed by atoms with Crippen molar-refractivity contribution in [2.45, 2.75) is 18.4 Å². The molecule has 0 fully saturated rings. The molecule has 1 aliphatic rings. The van der Waals surface area contributed by atoms with Crippen molar-refractivity contribution in [1.29, 1.82) is 0 Å². The van der Waals surface area contributed by atoms with Gasteiger partial charge in [0.25, 0.3) is 0 Å². The summed E-state index contributed by atoms with van der Waals surface area (Å²) < 4.78 is 5.62. The Kier molecular flexibility index (Phi) is 6.31. The molecular formula is C30H25NO4. The number of amides is 1. The van der Waals surface area contributed by atoms with Crippen LogP contribution in [0.2, 0.25) is 0 Å². The first-order valence-corrected chi connectivity index (χ1v) is 11.6. The van der Waals surface area contributed by atoms with Crippen molar-refractivity contribution in [2.24, 2.45) is 0 Å². The smallest absolute Gasteiger partial charge is 0.407 e. The van der Waals surface area contributed by atoms with E-state index in [0.29, 0.717) is 5.56 Å². The van der Waals surface area contributed by atoms with E-state index in [2.05, 4.69) is 29.6 Å². The van der Waals surface area contributed by atoms with Crippen LogP contribution in [0.4, 0.5) is 4.79 Å². The third kappa shape index (κ3) is 4.80. The van der Waals surface area contributed by atoms with Crippen LogP contribution in [0.3, 0.4) is 0 Å². The van der Waals surface area contributed by atoms with Crippen LogP contribution in [0, 0.1) is 0 Å². The third-order valence-electron chi connectivity index (χ3n) is 6.43. The van der Waals surface area contributed by atoms with Crippen molar-refractivity contribution >= 4 is 12.1 Å². The fraction of sp³-hybridized carbons (Fsp3) is 0.133. The number of carbonyl (C=O) groups is 2. The van der Waals surface area contributed by atoms with E-state index >= 15 is 0 Å². The zero-order valence-corrected chi connectivity index (χ0v) is 19.1. The molecule has 0 radical (unpaired) electrons. The number of hydrogen-bond donors (Lipinski definition) is 2. The zero-order chi connectivity index (χ0) is 24.2. The van der Waals surface area contributed by atoms with Crippen LogP contribution < -0.4 is 5.32 Å². The summed E-state index contributed by atoms with van der Waals surface area (Å²) in [4.78, 5) is 24.3. The summed E-state index contributed by atoms with van der Waals surface area (Å²) >= 11 is 0. The highest BCUT2D eigenvalue weighted by Gasteiger charge is 2.29. The first-order valence-electron chi connectivity index (χ1n) is 11.6. The number of rotatable bonds is 7. The SMILES string of the molecule is O=C(O)C[C@@H](NC(=O)OCC1c2ccccc2-c2ccccc21)c1ccc(-c2ccccc2)cc1. The predicted molar refractivity (Wildman–Crippen MR) is 135 cm³/mol. The lowest BCUT2D eigenvalue weighted by atomic mass is 9.98. The second kappa shape index (κ2) is 9.85. The van der Waals surface area contributed by atoms with Crippen LogP contribution in [0.25, 0.3) is 22.3 Å². The molecule has 0 aliphatic heterocycles. The molecule has 1 amide bonds. The normalized spacial score (nSPS) is 12.9. The van der Waals surface area contributed by atoms with Crippen molar-refractivity contribution in [3.8, 4) is 22.3 Å². The lowest BCUT2D eigenvalue weighted by Gasteiger charge is -2.19. The fourth-order valence-electron chi connectivity index (χ4n) is 4.75. The highest BCUT2D eigenvalue weighted by Crippen LogP contribution is 2.44. The monoisotopic (exact) mass is 463 g/mol. The molecule has 35 heavy (non-hydrogen) atoms. The van der Waals surface area contributed by atoms with Gasteiger partial charge in [-0.25, -0.2) is 4.79 Å². The van der Waals surface area contributed by atoms with Gasteiger partial charge in [-0.3, -0.25) is 4.79 Å². The van der Waals surface area contributed by atoms with Crippen LogP contribution in [-0.2, 0) is 9.53 Å². The van der Waals surface area contributed by atoms with Crippen LogP contribution >= 0.6 is 0 Å². The molecular weight excluding hydrogens is 438 g/mol. The summed E-state index contributed by atoms with van der Waals surface area (Å²) in [6.07, 6.45) is -0.875. The molecule has 174 valence electrons. The van der Waals surface area contributed by atoms with E-state index in [9.17, 15) is 14.7 Å². The van der Waals surface area contributed by atoms with Gasteiger partial charge in [-0.2, -0.15) is 0 Å². The van der Waals surface area contributed by atoms with Gasteiger partial charge in [0, 0.05) is 5.92 Å². The van der Waals surface area contributed by atoms with Gasteiger partial charge < -0.3 is 15.2 Å². The quantitative estimate of drug-likeness (QED) is 0.332. The number of carbonyl (C=O) groups excluding carboxylic acids is 1. The van der Waals surface area contributed by atoms with Crippen molar-refractivity contribution in [3.05, 3.63) is 120 Å². The zero-order valence-electron chi connectivity index (χ0n) is 19.1. The van der Waals surface area contributed by atoms with Gasteiger partial charge in [0.05, 0.1) is 12.5 Å². The molecule has 1 aliphatic carbocycles. The summed E-state index contributed by atoms with van der Waals surface area (Å²) in [5, 5.41) is 12.2. The molecule has 5 nitrogen and oxygen atoms in total. The fourth-order valence-corrected chi connectivity index (χ4v) is 4.75. The van der Waals surface area contributed by atoms with Crippen LogP contribution in [-0.4, -0.2) is 23.8 Å². The first kappa shape index (κ1) is 22.4.